The molecule has 0 aromatic heterocycles. The summed E-state index contributed by atoms with van der Waals surface area (Å²) in [7, 11) is -4.29. The maximum Gasteiger partial charge on any atom is 0.306 e. The van der Waals surface area contributed by atoms with Gasteiger partial charge in [-0.3, -0.25) is 4.79 Å². The molecule has 0 aliphatic carbocycles. The van der Waals surface area contributed by atoms with Crippen molar-refractivity contribution in [3.05, 3.63) is 0 Å². The molecule has 0 aliphatic rings. The Labute approximate surface area is 84.2 Å². The summed E-state index contributed by atoms with van der Waals surface area (Å²) >= 11 is 0. The van der Waals surface area contributed by atoms with E-state index in [9.17, 15) is 17.8 Å². The van der Waals surface area contributed by atoms with E-state index in [-0.39, 0.29) is 18.4 Å². The molecule has 0 fully saturated rings. The summed E-state index contributed by atoms with van der Waals surface area (Å²) in [5, 5.41) is 0. The summed E-state index contributed by atoms with van der Waals surface area (Å²) in [5.74, 6) is -1.15. The Bertz CT molecular complexity index is 285. The molecule has 0 heterocycles. The van der Waals surface area contributed by atoms with Crippen LogP contribution < -0.4 is 0 Å². The van der Waals surface area contributed by atoms with Gasteiger partial charge in [-0.15, -0.1) is 0 Å². The van der Waals surface area contributed by atoms with Crippen molar-refractivity contribution in [1.82, 2.24) is 0 Å². The first-order chi connectivity index (χ1) is 6.10. The predicted molar refractivity (Wildman–Crippen MR) is 49.6 cm³/mol. The van der Waals surface area contributed by atoms with Crippen molar-refractivity contribution in [1.29, 1.82) is 0 Å². The summed E-state index contributed by atoms with van der Waals surface area (Å²) < 4.78 is 35.0. The highest BCUT2D eigenvalue weighted by atomic mass is 32.2. The predicted octanol–water partition coefficient (Wildman–Crippen LogP) is 0.511. The third-order valence-corrected chi connectivity index (χ3v) is 1.94. The fraction of sp³-hybridized carbons (Fsp3) is 0.875. The van der Waals surface area contributed by atoms with Gasteiger partial charge in [-0.2, -0.15) is 0 Å². The smallest absolute Gasteiger partial charge is 0.306 e. The number of rotatable bonds is 4. The molecule has 0 radical (unpaired) electrons. The van der Waals surface area contributed by atoms with Gasteiger partial charge in [-0.1, -0.05) is 20.8 Å². The van der Waals surface area contributed by atoms with Gasteiger partial charge in [0, 0.05) is 0 Å². The van der Waals surface area contributed by atoms with E-state index >= 15 is 0 Å². The fourth-order valence-electron chi connectivity index (χ4n) is 0.742. The van der Waals surface area contributed by atoms with Gasteiger partial charge in [-0.25, -0.2) is 8.42 Å². The maximum atomic E-state index is 11.0. The Kier molecular flexibility index (Phi) is 4.54. The van der Waals surface area contributed by atoms with Crippen molar-refractivity contribution in [2.24, 2.45) is 5.41 Å². The molecule has 0 rings (SSSR count). The van der Waals surface area contributed by atoms with E-state index in [1.165, 1.54) is 0 Å². The average Bonchev–Trinajstić information content (AvgIpc) is 1.78. The highest BCUT2D eigenvalue weighted by Gasteiger charge is 2.16. The van der Waals surface area contributed by atoms with Crippen LogP contribution in [0.4, 0.5) is 0 Å². The summed E-state index contributed by atoms with van der Waals surface area (Å²) in [5.41, 5.74) is -0.201. The molecular formula is C8H15O5S-. The van der Waals surface area contributed by atoms with E-state index in [4.69, 9.17) is 0 Å². The number of carbonyl (C=O) groups excluding carboxylic acids is 1. The van der Waals surface area contributed by atoms with Gasteiger partial charge in [0.1, 0.15) is 6.61 Å². The van der Waals surface area contributed by atoms with Gasteiger partial charge < -0.3 is 9.29 Å². The molecule has 0 spiro atoms. The molecule has 0 unspecified atom stereocenters. The highest BCUT2D eigenvalue weighted by Crippen LogP contribution is 2.18. The lowest BCUT2D eigenvalue weighted by atomic mass is 9.93. The van der Waals surface area contributed by atoms with Crippen LogP contribution in [0, 0.1) is 5.41 Å². The molecule has 0 aromatic rings. The molecule has 0 bridgehead atoms. The van der Waals surface area contributed by atoms with E-state index in [0.29, 0.717) is 0 Å². The maximum absolute atomic E-state index is 11.0. The minimum Gasteiger partial charge on any atom is -0.748 e. The summed E-state index contributed by atoms with van der Waals surface area (Å²) in [6, 6.07) is 0. The standard InChI is InChI=1S/C8H16O5S/c1-8(2,3)6-7(9)13-4-5-14(10,11)12/h4-6H2,1-3H3,(H,10,11,12)/p-1. The number of hydrogen-bond acceptors (Lipinski definition) is 5. The van der Waals surface area contributed by atoms with Crippen molar-refractivity contribution < 1.29 is 22.5 Å². The Morgan fingerprint density at radius 1 is 1.36 bits per heavy atom. The van der Waals surface area contributed by atoms with Crippen LogP contribution in [0.3, 0.4) is 0 Å². The lowest BCUT2D eigenvalue weighted by Crippen LogP contribution is -2.19. The number of ether oxygens (including phenoxy) is 1. The number of hydrogen-bond donors (Lipinski definition) is 0. The van der Waals surface area contributed by atoms with Crippen molar-refractivity contribution in [2.75, 3.05) is 12.4 Å². The van der Waals surface area contributed by atoms with Gasteiger partial charge >= 0.3 is 5.97 Å². The third kappa shape index (κ3) is 9.47. The molecule has 0 aromatic carbocycles. The second-order valence-corrected chi connectivity index (χ2v) is 5.74. The van der Waals surface area contributed by atoms with Crippen LogP contribution in [-0.4, -0.2) is 31.3 Å². The zero-order valence-corrected chi connectivity index (χ0v) is 9.39. The van der Waals surface area contributed by atoms with Crippen LogP contribution in [0.1, 0.15) is 27.2 Å². The van der Waals surface area contributed by atoms with Crippen molar-refractivity contribution in [3.8, 4) is 0 Å². The molecule has 84 valence electrons. The van der Waals surface area contributed by atoms with Crippen molar-refractivity contribution in [3.63, 3.8) is 0 Å². The first-order valence-electron chi connectivity index (χ1n) is 4.19. The van der Waals surface area contributed by atoms with Crippen LogP contribution in [-0.2, 0) is 19.6 Å². The molecule has 6 heteroatoms. The normalized spacial score (nSPS) is 12.6. The molecule has 14 heavy (non-hydrogen) atoms. The van der Waals surface area contributed by atoms with Gasteiger partial charge in [0.2, 0.25) is 0 Å². The lowest BCUT2D eigenvalue weighted by molar-refractivity contribution is -0.145. The molecule has 0 saturated heterocycles. The molecule has 0 atom stereocenters. The molecule has 0 amide bonds. The van der Waals surface area contributed by atoms with E-state index in [0.717, 1.165) is 0 Å². The molecule has 0 saturated carbocycles. The van der Waals surface area contributed by atoms with Crippen LogP contribution >= 0.6 is 0 Å². The van der Waals surface area contributed by atoms with E-state index in [1.54, 1.807) is 0 Å². The molecule has 0 aliphatic heterocycles. The largest absolute Gasteiger partial charge is 0.748 e. The summed E-state index contributed by atoms with van der Waals surface area (Å²) in [6.45, 7) is 5.22. The topological polar surface area (TPSA) is 83.5 Å². The minimum atomic E-state index is -4.29. The van der Waals surface area contributed by atoms with Gasteiger partial charge in [0.25, 0.3) is 0 Å². The first-order valence-corrected chi connectivity index (χ1v) is 5.77. The molecular weight excluding hydrogens is 208 g/mol. The van der Waals surface area contributed by atoms with Gasteiger partial charge in [0.05, 0.1) is 22.3 Å². The zero-order chi connectivity index (χ0) is 11.4. The van der Waals surface area contributed by atoms with E-state index < -0.39 is 21.8 Å². The Balaban J connectivity index is 3.77. The van der Waals surface area contributed by atoms with Crippen LogP contribution in [0.2, 0.25) is 0 Å². The van der Waals surface area contributed by atoms with Gasteiger partial charge in [-0.05, 0) is 5.41 Å². The quantitative estimate of drug-likeness (QED) is 0.512. The Hall–Kier alpha value is -0.620. The summed E-state index contributed by atoms with van der Waals surface area (Å²) in [4.78, 5) is 11.0. The highest BCUT2D eigenvalue weighted by molar-refractivity contribution is 7.85. The van der Waals surface area contributed by atoms with Gasteiger partial charge in [0.15, 0.2) is 0 Å². The first kappa shape index (κ1) is 13.4. The summed E-state index contributed by atoms with van der Waals surface area (Å²) in [6.07, 6.45) is 0.200. The molecule has 5 nitrogen and oxygen atoms in total. The SMILES string of the molecule is CC(C)(C)CC(=O)OCCS(=O)(=O)[O-]. The second kappa shape index (κ2) is 4.75. The second-order valence-electron chi connectivity index (χ2n) is 4.22. The molecule has 0 N–H and O–H groups in total. The Morgan fingerprint density at radius 2 is 1.86 bits per heavy atom. The number of esters is 1. The Morgan fingerprint density at radius 3 is 2.21 bits per heavy atom. The van der Waals surface area contributed by atoms with Crippen molar-refractivity contribution >= 4 is 16.1 Å². The monoisotopic (exact) mass is 223 g/mol. The van der Waals surface area contributed by atoms with Crippen molar-refractivity contribution in [2.45, 2.75) is 27.2 Å². The van der Waals surface area contributed by atoms with Crippen LogP contribution in [0.25, 0.3) is 0 Å². The van der Waals surface area contributed by atoms with E-state index in [2.05, 4.69) is 4.74 Å². The number of carbonyl (C=O) groups is 1. The lowest BCUT2D eigenvalue weighted by Gasteiger charge is -2.16. The fourth-order valence-corrected chi connectivity index (χ4v) is 1.03. The van der Waals surface area contributed by atoms with E-state index in [1.807, 2.05) is 20.8 Å². The minimum absolute atomic E-state index is 0.200. The van der Waals surface area contributed by atoms with Crippen LogP contribution in [0.5, 0.6) is 0 Å². The van der Waals surface area contributed by atoms with Crippen LogP contribution in [0.15, 0.2) is 0 Å². The zero-order valence-electron chi connectivity index (χ0n) is 8.57. The third-order valence-electron chi connectivity index (χ3n) is 1.27. The average molecular weight is 223 g/mol.